The molecule has 7 nitrogen and oxygen atoms in total. The molecule has 1 heterocycles. The molecule has 3 rings (SSSR count). The first-order chi connectivity index (χ1) is 13.3. The van der Waals surface area contributed by atoms with Gasteiger partial charge in [-0.1, -0.05) is 6.92 Å². The monoisotopic (exact) mass is 402 g/mol. The van der Waals surface area contributed by atoms with E-state index in [1.165, 1.54) is 12.1 Å². The van der Waals surface area contributed by atoms with Crippen LogP contribution in [0.25, 0.3) is 0 Å². The third kappa shape index (κ3) is 4.17. The quantitative estimate of drug-likeness (QED) is 0.801. The fourth-order valence-electron chi connectivity index (χ4n) is 3.05. The number of ether oxygens (including phenoxy) is 1. The average Bonchev–Trinajstić information content (AvgIpc) is 3.10. The number of carbonyl (C=O) groups excluding carboxylic acids is 2. The van der Waals surface area contributed by atoms with Gasteiger partial charge in [0, 0.05) is 24.3 Å². The lowest BCUT2D eigenvalue weighted by Gasteiger charge is -2.17. The van der Waals surface area contributed by atoms with Crippen molar-refractivity contribution in [2.75, 3.05) is 29.6 Å². The van der Waals surface area contributed by atoms with Crippen molar-refractivity contribution in [2.24, 2.45) is 5.92 Å². The number of methoxy groups -OCH3 is 1. The van der Waals surface area contributed by atoms with Gasteiger partial charge in [0.15, 0.2) is 9.84 Å². The summed E-state index contributed by atoms with van der Waals surface area (Å²) in [4.78, 5) is 26.7. The molecule has 1 fully saturated rings. The standard InChI is InChI=1S/C20H22N2O5S/c1-3-28(25,26)18-10-4-15(5-11-18)21-20(24)14-12-19(23)22(13-14)16-6-8-17(27-2)9-7-16/h4-11,14H,3,12-13H2,1-2H3,(H,21,24). The molecule has 0 aliphatic carbocycles. The maximum absolute atomic E-state index is 12.5. The first kappa shape index (κ1) is 19.9. The van der Waals surface area contributed by atoms with Crippen molar-refractivity contribution in [3.05, 3.63) is 48.5 Å². The minimum absolute atomic E-state index is 0.0179. The minimum Gasteiger partial charge on any atom is -0.497 e. The highest BCUT2D eigenvalue weighted by Crippen LogP contribution is 2.27. The molecule has 0 spiro atoms. The van der Waals surface area contributed by atoms with E-state index in [-0.39, 0.29) is 28.9 Å². The van der Waals surface area contributed by atoms with Crippen LogP contribution in [0.5, 0.6) is 5.75 Å². The number of hydrogen-bond acceptors (Lipinski definition) is 5. The lowest BCUT2D eigenvalue weighted by molar-refractivity contribution is -0.122. The first-order valence-electron chi connectivity index (χ1n) is 8.92. The Bertz CT molecular complexity index is 969. The minimum atomic E-state index is -3.28. The zero-order valence-electron chi connectivity index (χ0n) is 15.7. The predicted molar refractivity (Wildman–Crippen MR) is 106 cm³/mol. The van der Waals surface area contributed by atoms with Crippen LogP contribution in [0.1, 0.15) is 13.3 Å². The molecule has 1 N–H and O–H groups in total. The first-order valence-corrected chi connectivity index (χ1v) is 10.6. The van der Waals surface area contributed by atoms with Crippen molar-refractivity contribution in [3.63, 3.8) is 0 Å². The highest BCUT2D eigenvalue weighted by molar-refractivity contribution is 7.91. The summed E-state index contributed by atoms with van der Waals surface area (Å²) < 4.78 is 28.8. The van der Waals surface area contributed by atoms with Gasteiger partial charge in [0.2, 0.25) is 11.8 Å². The van der Waals surface area contributed by atoms with Crippen molar-refractivity contribution in [1.82, 2.24) is 0 Å². The van der Waals surface area contributed by atoms with Crippen molar-refractivity contribution in [1.29, 1.82) is 0 Å². The van der Waals surface area contributed by atoms with Gasteiger partial charge in [-0.2, -0.15) is 0 Å². The fraction of sp³-hybridized carbons (Fsp3) is 0.300. The van der Waals surface area contributed by atoms with Crippen LogP contribution in [0.15, 0.2) is 53.4 Å². The largest absolute Gasteiger partial charge is 0.497 e. The summed E-state index contributed by atoms with van der Waals surface area (Å²) in [7, 11) is -1.71. The Morgan fingerprint density at radius 2 is 1.79 bits per heavy atom. The van der Waals surface area contributed by atoms with Gasteiger partial charge in [0.1, 0.15) is 5.75 Å². The van der Waals surface area contributed by atoms with E-state index in [4.69, 9.17) is 4.74 Å². The summed E-state index contributed by atoms with van der Waals surface area (Å²) in [6, 6.07) is 13.1. The molecule has 148 valence electrons. The van der Waals surface area contributed by atoms with Crippen LogP contribution in [0.4, 0.5) is 11.4 Å². The second kappa shape index (κ2) is 8.02. The van der Waals surface area contributed by atoms with Crippen molar-refractivity contribution < 1.29 is 22.7 Å². The Labute approximate surface area is 164 Å². The molecule has 1 saturated heterocycles. The Morgan fingerprint density at radius 3 is 2.36 bits per heavy atom. The maximum atomic E-state index is 12.5. The van der Waals surface area contributed by atoms with Gasteiger partial charge in [-0.25, -0.2) is 8.42 Å². The van der Waals surface area contributed by atoms with E-state index >= 15 is 0 Å². The average molecular weight is 402 g/mol. The van der Waals surface area contributed by atoms with Crippen molar-refractivity contribution >= 4 is 33.0 Å². The molecular formula is C20H22N2O5S. The molecule has 1 atom stereocenters. The zero-order valence-corrected chi connectivity index (χ0v) is 16.5. The van der Waals surface area contributed by atoms with Crippen LogP contribution >= 0.6 is 0 Å². The summed E-state index contributed by atoms with van der Waals surface area (Å²) >= 11 is 0. The third-order valence-corrected chi connectivity index (χ3v) is 6.49. The van der Waals surface area contributed by atoms with E-state index in [9.17, 15) is 18.0 Å². The summed E-state index contributed by atoms with van der Waals surface area (Å²) in [5.41, 5.74) is 1.21. The van der Waals surface area contributed by atoms with Gasteiger partial charge < -0.3 is 15.0 Å². The molecule has 2 amide bonds. The van der Waals surface area contributed by atoms with Gasteiger partial charge in [-0.3, -0.25) is 9.59 Å². The van der Waals surface area contributed by atoms with Crippen LogP contribution < -0.4 is 15.0 Å². The normalized spacial score (nSPS) is 16.9. The molecule has 8 heteroatoms. The molecule has 2 aromatic rings. The van der Waals surface area contributed by atoms with Crippen LogP contribution in [0.2, 0.25) is 0 Å². The number of amides is 2. The highest BCUT2D eigenvalue weighted by Gasteiger charge is 2.35. The lowest BCUT2D eigenvalue weighted by Crippen LogP contribution is -2.28. The smallest absolute Gasteiger partial charge is 0.229 e. The van der Waals surface area contributed by atoms with Crippen LogP contribution in [-0.4, -0.2) is 39.6 Å². The summed E-state index contributed by atoms with van der Waals surface area (Å²) in [5.74, 6) is -0.151. The molecular weight excluding hydrogens is 380 g/mol. The number of benzene rings is 2. The molecule has 1 aliphatic rings. The van der Waals surface area contributed by atoms with E-state index in [1.807, 2.05) is 0 Å². The molecule has 2 aromatic carbocycles. The Morgan fingerprint density at radius 1 is 1.14 bits per heavy atom. The van der Waals surface area contributed by atoms with E-state index in [1.54, 1.807) is 55.3 Å². The van der Waals surface area contributed by atoms with Crippen molar-refractivity contribution in [2.45, 2.75) is 18.2 Å². The fourth-order valence-corrected chi connectivity index (χ4v) is 3.94. The summed E-state index contributed by atoms with van der Waals surface area (Å²) in [6.45, 7) is 1.87. The SMILES string of the molecule is CCS(=O)(=O)c1ccc(NC(=O)C2CC(=O)N(c3ccc(OC)cc3)C2)cc1. The number of nitrogens with zero attached hydrogens (tertiary/aromatic N) is 1. The van der Waals surface area contributed by atoms with E-state index in [0.717, 1.165) is 5.69 Å². The second-order valence-electron chi connectivity index (χ2n) is 6.52. The van der Waals surface area contributed by atoms with Gasteiger partial charge in [-0.05, 0) is 48.5 Å². The van der Waals surface area contributed by atoms with Gasteiger partial charge in [0.25, 0.3) is 0 Å². The van der Waals surface area contributed by atoms with Gasteiger partial charge in [0.05, 0.1) is 23.7 Å². The molecule has 28 heavy (non-hydrogen) atoms. The van der Waals surface area contributed by atoms with Crippen molar-refractivity contribution in [3.8, 4) is 5.75 Å². The number of nitrogens with one attached hydrogen (secondary N) is 1. The van der Waals surface area contributed by atoms with Gasteiger partial charge in [-0.15, -0.1) is 0 Å². The van der Waals surface area contributed by atoms with E-state index in [2.05, 4.69) is 5.32 Å². The molecule has 1 aliphatic heterocycles. The molecule has 0 bridgehead atoms. The number of hydrogen-bond donors (Lipinski definition) is 1. The van der Waals surface area contributed by atoms with Crippen LogP contribution in [-0.2, 0) is 19.4 Å². The number of anilines is 2. The topological polar surface area (TPSA) is 92.8 Å². The highest BCUT2D eigenvalue weighted by atomic mass is 32.2. The Balaban J connectivity index is 1.66. The predicted octanol–water partition coefficient (Wildman–Crippen LogP) is 2.48. The Hall–Kier alpha value is -2.87. The number of rotatable bonds is 6. The summed E-state index contributed by atoms with van der Waals surface area (Å²) in [6.07, 6.45) is 0.125. The van der Waals surface area contributed by atoms with E-state index < -0.39 is 15.8 Å². The number of sulfone groups is 1. The van der Waals surface area contributed by atoms with Gasteiger partial charge >= 0.3 is 0 Å². The Kier molecular flexibility index (Phi) is 5.69. The molecule has 1 unspecified atom stereocenters. The second-order valence-corrected chi connectivity index (χ2v) is 8.80. The van der Waals surface area contributed by atoms with Crippen LogP contribution in [0, 0.1) is 5.92 Å². The zero-order chi connectivity index (χ0) is 20.3. The van der Waals surface area contributed by atoms with Crippen LogP contribution in [0.3, 0.4) is 0 Å². The maximum Gasteiger partial charge on any atom is 0.229 e. The number of carbonyl (C=O) groups is 2. The molecule has 0 saturated carbocycles. The lowest BCUT2D eigenvalue weighted by atomic mass is 10.1. The van der Waals surface area contributed by atoms with E-state index in [0.29, 0.717) is 18.0 Å². The third-order valence-electron chi connectivity index (χ3n) is 4.74. The molecule has 0 aromatic heterocycles. The molecule has 0 radical (unpaired) electrons. The summed E-state index contributed by atoms with van der Waals surface area (Å²) in [5, 5.41) is 2.76.